The molecule has 0 aliphatic carbocycles. The van der Waals surface area contributed by atoms with Crippen LogP contribution in [0.1, 0.15) is 38.3 Å². The number of nitrogens with zero attached hydrogens (tertiary/aromatic N) is 3. The highest BCUT2D eigenvalue weighted by atomic mass is 35.5. The van der Waals surface area contributed by atoms with E-state index in [0.717, 1.165) is 4.90 Å². The number of hydrogen-bond acceptors (Lipinski definition) is 3. The Morgan fingerprint density at radius 1 is 1.19 bits per heavy atom. The van der Waals surface area contributed by atoms with Crippen LogP contribution < -0.4 is 10.1 Å². The number of carbonyl (C=O) groups excluding carboxylic acids is 1. The Balaban J connectivity index is 1.86. The van der Waals surface area contributed by atoms with Gasteiger partial charge in [0.1, 0.15) is 11.2 Å². The third-order valence-electron chi connectivity index (χ3n) is 5.93. The highest BCUT2D eigenvalue weighted by Gasteiger charge is 2.43. The average Bonchev–Trinajstić information content (AvgIpc) is 3.21. The van der Waals surface area contributed by atoms with E-state index in [9.17, 15) is 31.1 Å². The lowest BCUT2D eigenvalue weighted by molar-refractivity contribution is -0.171. The summed E-state index contributed by atoms with van der Waals surface area (Å²) in [4.78, 5) is 18.1. The predicted octanol–water partition coefficient (Wildman–Crippen LogP) is 7.03. The number of hydrogen-bond donors (Lipinski definition) is 1. The summed E-state index contributed by atoms with van der Waals surface area (Å²) in [5.41, 5.74) is 2.53. The molecule has 0 radical (unpaired) electrons. The van der Waals surface area contributed by atoms with Crippen LogP contribution in [0.4, 0.5) is 31.1 Å². The van der Waals surface area contributed by atoms with Crippen LogP contribution in [0.25, 0.3) is 16.8 Å². The zero-order valence-corrected chi connectivity index (χ0v) is 20.9. The molecule has 6 nitrogen and oxygen atoms in total. The number of imidazole rings is 1. The zero-order chi connectivity index (χ0) is 27.5. The number of pyridine rings is 1. The van der Waals surface area contributed by atoms with Gasteiger partial charge in [0, 0.05) is 24.7 Å². The van der Waals surface area contributed by atoms with Crippen molar-refractivity contribution in [1.29, 1.82) is 0 Å². The number of aromatic nitrogens is 2. The molecular formula is C24H25ClF6N4O2. The number of carbonyl (C=O) groups is 1. The van der Waals surface area contributed by atoms with Crippen LogP contribution in [-0.2, 0) is 0 Å². The molecule has 0 bridgehead atoms. The summed E-state index contributed by atoms with van der Waals surface area (Å²) in [5.74, 6) is 0.467. The summed E-state index contributed by atoms with van der Waals surface area (Å²) in [7, 11) is 1.49. The second-order valence-electron chi connectivity index (χ2n) is 8.36. The summed E-state index contributed by atoms with van der Waals surface area (Å²) < 4.78 is 84.6. The van der Waals surface area contributed by atoms with E-state index in [1.807, 2.05) is 0 Å². The number of halogens is 7. The number of ether oxygens (including phenoxy) is 1. The molecule has 3 rings (SSSR count). The molecule has 1 aromatic carbocycles. The number of methoxy groups -OCH3 is 1. The minimum atomic E-state index is -5.03. The number of rotatable bonds is 8. The highest BCUT2D eigenvalue weighted by Crippen LogP contribution is 2.33. The fourth-order valence-corrected chi connectivity index (χ4v) is 4.12. The molecule has 3 aromatic rings. The van der Waals surface area contributed by atoms with Crippen LogP contribution in [0.5, 0.6) is 5.75 Å². The van der Waals surface area contributed by atoms with Crippen molar-refractivity contribution in [2.75, 3.05) is 13.7 Å². The first kappa shape index (κ1) is 28.4. The molecule has 2 aromatic heterocycles. The number of benzene rings is 1. The first-order valence-corrected chi connectivity index (χ1v) is 11.6. The number of amides is 2. The maximum Gasteiger partial charge on any atom is 0.408 e. The number of nitrogens with one attached hydrogen (secondary N) is 1. The Bertz CT molecular complexity index is 1240. The molecule has 2 unspecified atom stereocenters. The van der Waals surface area contributed by atoms with Crippen molar-refractivity contribution in [3.8, 4) is 16.9 Å². The minimum absolute atomic E-state index is 0.0193. The predicted molar refractivity (Wildman–Crippen MR) is 127 cm³/mol. The van der Waals surface area contributed by atoms with Crippen molar-refractivity contribution in [3.63, 3.8) is 0 Å². The maximum atomic E-state index is 13.3. The van der Waals surface area contributed by atoms with E-state index in [1.54, 1.807) is 60.1 Å². The average molecular weight is 551 g/mol. The van der Waals surface area contributed by atoms with E-state index < -0.39 is 43.3 Å². The van der Waals surface area contributed by atoms with Crippen LogP contribution in [0.3, 0.4) is 0 Å². The lowest BCUT2D eigenvalue weighted by Crippen LogP contribution is -2.51. The van der Waals surface area contributed by atoms with Crippen molar-refractivity contribution in [1.82, 2.24) is 19.6 Å². The van der Waals surface area contributed by atoms with Crippen LogP contribution in [0.2, 0.25) is 5.15 Å². The van der Waals surface area contributed by atoms with E-state index >= 15 is 0 Å². The van der Waals surface area contributed by atoms with Gasteiger partial charge in [0.25, 0.3) is 0 Å². The van der Waals surface area contributed by atoms with Crippen molar-refractivity contribution < 1.29 is 35.9 Å². The van der Waals surface area contributed by atoms with Crippen LogP contribution in [0, 0.1) is 0 Å². The molecule has 2 atom stereocenters. The lowest BCUT2D eigenvalue weighted by atomic mass is 10.00. The topological polar surface area (TPSA) is 58.9 Å². The van der Waals surface area contributed by atoms with Gasteiger partial charge in [-0.05, 0) is 43.5 Å². The summed E-state index contributed by atoms with van der Waals surface area (Å²) in [6.45, 7) is 3.21. The summed E-state index contributed by atoms with van der Waals surface area (Å²) in [6, 6.07) is 4.30. The smallest absolute Gasteiger partial charge is 0.408 e. The van der Waals surface area contributed by atoms with Gasteiger partial charge in [-0.3, -0.25) is 4.40 Å². The number of alkyl halides is 6. The van der Waals surface area contributed by atoms with Gasteiger partial charge in [0.05, 0.1) is 19.3 Å². The van der Waals surface area contributed by atoms with E-state index in [1.165, 1.54) is 13.3 Å². The monoisotopic (exact) mass is 550 g/mol. The van der Waals surface area contributed by atoms with Gasteiger partial charge < -0.3 is 15.0 Å². The van der Waals surface area contributed by atoms with Gasteiger partial charge in [-0.15, -0.1) is 0 Å². The lowest BCUT2D eigenvalue weighted by Gasteiger charge is -2.31. The molecule has 0 saturated heterocycles. The van der Waals surface area contributed by atoms with Crippen LogP contribution >= 0.6 is 11.6 Å². The van der Waals surface area contributed by atoms with Crippen molar-refractivity contribution >= 4 is 23.3 Å². The standard InChI is InChI=1S/C24H25ClF6N4O2/c1-4-34(22(36)33-19(24(29,30)31)8-9-23(26,27)28)14(2)15-6-5-7-16(10-15)17-11-18(37-3)21-32-12-20(25)35(21)13-17/h5-7,10-14,19H,4,8-9H2,1-3H3,(H,33,36). The van der Waals surface area contributed by atoms with E-state index in [0.29, 0.717) is 33.2 Å². The largest absolute Gasteiger partial charge is 0.493 e. The highest BCUT2D eigenvalue weighted by molar-refractivity contribution is 6.29. The molecule has 202 valence electrons. The van der Waals surface area contributed by atoms with Gasteiger partial charge >= 0.3 is 18.4 Å². The summed E-state index contributed by atoms with van der Waals surface area (Å²) in [6.07, 6.45) is -9.57. The second kappa shape index (κ2) is 11.1. The molecule has 0 fully saturated rings. The fourth-order valence-electron chi connectivity index (χ4n) is 3.94. The molecule has 0 spiro atoms. The molecule has 0 saturated carbocycles. The SMILES string of the molecule is CCN(C(=O)NC(CCC(F)(F)F)C(F)(F)F)C(C)c1cccc(-c2cc(OC)c3ncc(Cl)n3c2)c1. The van der Waals surface area contributed by atoms with E-state index in [-0.39, 0.29) is 6.54 Å². The second-order valence-corrected chi connectivity index (χ2v) is 8.74. The Labute approximate surface area is 214 Å². The van der Waals surface area contributed by atoms with Gasteiger partial charge in [-0.1, -0.05) is 29.8 Å². The first-order chi connectivity index (χ1) is 17.2. The Kier molecular flexibility index (Phi) is 8.51. The van der Waals surface area contributed by atoms with Crippen molar-refractivity contribution in [2.24, 2.45) is 0 Å². The van der Waals surface area contributed by atoms with Gasteiger partial charge in [-0.2, -0.15) is 26.3 Å². The molecule has 0 aliphatic rings. The Hall–Kier alpha value is -3.15. The zero-order valence-electron chi connectivity index (χ0n) is 20.1. The molecule has 0 aliphatic heterocycles. The van der Waals surface area contributed by atoms with E-state index in [2.05, 4.69) is 4.98 Å². The summed E-state index contributed by atoms with van der Waals surface area (Å²) in [5, 5.41) is 2.10. The van der Waals surface area contributed by atoms with Crippen molar-refractivity contribution in [3.05, 3.63) is 53.4 Å². The van der Waals surface area contributed by atoms with Crippen molar-refractivity contribution in [2.45, 2.75) is 51.1 Å². The number of fused-ring (bicyclic) bond motifs is 1. The molecule has 37 heavy (non-hydrogen) atoms. The third-order valence-corrected chi connectivity index (χ3v) is 6.21. The maximum absolute atomic E-state index is 13.3. The quantitative estimate of drug-likeness (QED) is 0.306. The van der Waals surface area contributed by atoms with Gasteiger partial charge in [0.15, 0.2) is 11.4 Å². The number of urea groups is 1. The molecular weight excluding hydrogens is 526 g/mol. The minimum Gasteiger partial charge on any atom is -0.493 e. The van der Waals surface area contributed by atoms with E-state index in [4.69, 9.17) is 16.3 Å². The fraction of sp³-hybridized carbons (Fsp3) is 0.417. The Morgan fingerprint density at radius 2 is 1.89 bits per heavy atom. The molecule has 2 amide bonds. The molecule has 13 heteroatoms. The normalized spacial score (nSPS) is 13.9. The third kappa shape index (κ3) is 6.79. The van der Waals surface area contributed by atoms with Crippen LogP contribution in [-0.4, -0.2) is 52.4 Å². The Morgan fingerprint density at radius 3 is 2.49 bits per heavy atom. The first-order valence-electron chi connectivity index (χ1n) is 11.3. The summed E-state index contributed by atoms with van der Waals surface area (Å²) >= 11 is 6.21. The van der Waals surface area contributed by atoms with Gasteiger partial charge in [-0.25, -0.2) is 9.78 Å². The molecule has 2 heterocycles. The van der Waals surface area contributed by atoms with Crippen LogP contribution in [0.15, 0.2) is 42.7 Å². The molecule has 1 N–H and O–H groups in total. The van der Waals surface area contributed by atoms with Gasteiger partial charge in [0.2, 0.25) is 0 Å².